The topological polar surface area (TPSA) is 38.0 Å². The largest absolute Gasteiger partial charge is 0.271 e. The fourth-order valence-corrected chi connectivity index (χ4v) is 3.09. The number of hydrazine groups is 1. The van der Waals surface area contributed by atoms with Crippen LogP contribution in [0.15, 0.2) is 15.9 Å². The summed E-state index contributed by atoms with van der Waals surface area (Å²) in [5.74, 6) is 6.28. The van der Waals surface area contributed by atoms with Crippen molar-refractivity contribution >= 4 is 27.3 Å². The van der Waals surface area contributed by atoms with E-state index in [9.17, 15) is 0 Å². The lowest BCUT2D eigenvalue weighted by Gasteiger charge is -2.16. The van der Waals surface area contributed by atoms with Crippen molar-refractivity contribution in [2.45, 2.75) is 32.7 Å². The van der Waals surface area contributed by atoms with E-state index in [4.69, 9.17) is 5.84 Å². The predicted molar refractivity (Wildman–Crippen MR) is 66.2 cm³/mol. The second kappa shape index (κ2) is 5.85. The number of halogens is 1. The van der Waals surface area contributed by atoms with Gasteiger partial charge in [-0.15, -0.1) is 11.3 Å². The minimum absolute atomic E-state index is 0.284. The van der Waals surface area contributed by atoms with Crippen LogP contribution < -0.4 is 11.3 Å². The van der Waals surface area contributed by atoms with Crippen LogP contribution >= 0.6 is 27.3 Å². The highest BCUT2D eigenvalue weighted by Gasteiger charge is 2.14. The summed E-state index contributed by atoms with van der Waals surface area (Å²) in [7, 11) is 0. The van der Waals surface area contributed by atoms with Crippen LogP contribution in [0.25, 0.3) is 0 Å². The van der Waals surface area contributed by atoms with Crippen molar-refractivity contribution in [2.24, 2.45) is 11.8 Å². The van der Waals surface area contributed by atoms with Gasteiger partial charge in [-0.3, -0.25) is 11.3 Å². The Bertz CT molecular complexity index is 273. The van der Waals surface area contributed by atoms with Gasteiger partial charge < -0.3 is 0 Å². The molecule has 1 rings (SSSR count). The molecule has 0 radical (unpaired) electrons. The van der Waals surface area contributed by atoms with Crippen LogP contribution in [0, 0.1) is 5.92 Å². The molecule has 0 fully saturated rings. The van der Waals surface area contributed by atoms with Gasteiger partial charge in [0.2, 0.25) is 0 Å². The summed E-state index contributed by atoms with van der Waals surface area (Å²) in [5.41, 5.74) is 2.88. The van der Waals surface area contributed by atoms with Gasteiger partial charge >= 0.3 is 0 Å². The number of nitrogens with one attached hydrogen (secondary N) is 1. The van der Waals surface area contributed by atoms with Gasteiger partial charge in [0, 0.05) is 9.35 Å². The summed E-state index contributed by atoms with van der Waals surface area (Å²) < 4.78 is 1.16. The maximum Gasteiger partial charge on any atom is 0.0564 e. The molecule has 1 atom stereocenters. The van der Waals surface area contributed by atoms with Crippen molar-refractivity contribution in [3.05, 3.63) is 20.8 Å². The maximum absolute atomic E-state index is 5.55. The highest BCUT2D eigenvalue weighted by Crippen LogP contribution is 2.31. The molecule has 2 nitrogen and oxygen atoms in total. The fraction of sp³-hybridized carbons (Fsp3) is 0.600. The van der Waals surface area contributed by atoms with E-state index in [1.165, 1.54) is 11.3 Å². The number of thiophene rings is 1. The minimum Gasteiger partial charge on any atom is -0.271 e. The Morgan fingerprint density at radius 3 is 2.64 bits per heavy atom. The Labute approximate surface area is 98.0 Å². The van der Waals surface area contributed by atoms with Crippen LogP contribution in [0.4, 0.5) is 0 Å². The third-order valence-corrected chi connectivity index (χ3v) is 4.18. The first-order chi connectivity index (χ1) is 6.65. The van der Waals surface area contributed by atoms with E-state index in [1.807, 2.05) is 0 Å². The van der Waals surface area contributed by atoms with Crippen molar-refractivity contribution in [1.29, 1.82) is 0 Å². The van der Waals surface area contributed by atoms with Crippen molar-refractivity contribution in [2.75, 3.05) is 0 Å². The van der Waals surface area contributed by atoms with Gasteiger partial charge in [-0.25, -0.2) is 0 Å². The smallest absolute Gasteiger partial charge is 0.0564 e. The van der Waals surface area contributed by atoms with Crippen molar-refractivity contribution in [1.82, 2.24) is 5.43 Å². The second-order valence-electron chi connectivity index (χ2n) is 3.82. The monoisotopic (exact) mass is 276 g/mol. The van der Waals surface area contributed by atoms with Gasteiger partial charge in [-0.05, 0) is 46.1 Å². The van der Waals surface area contributed by atoms with E-state index in [-0.39, 0.29) is 6.04 Å². The summed E-state index contributed by atoms with van der Waals surface area (Å²) in [6, 6.07) is 2.35. The Morgan fingerprint density at radius 2 is 2.21 bits per heavy atom. The van der Waals surface area contributed by atoms with Gasteiger partial charge in [-0.1, -0.05) is 13.8 Å². The normalized spacial score (nSPS) is 13.5. The first kappa shape index (κ1) is 12.2. The first-order valence-corrected chi connectivity index (χ1v) is 6.51. The average Bonchev–Trinajstić information content (AvgIpc) is 2.53. The standard InChI is InChI=1S/C10H17BrN2S/c1-7(2)3-4-9(13-12)10-8(11)5-6-14-10/h5-7,9,13H,3-4,12H2,1-2H3. The SMILES string of the molecule is CC(C)CCC(NN)c1sccc1Br. The summed E-state index contributed by atoms with van der Waals surface area (Å²) in [5, 5.41) is 2.08. The predicted octanol–water partition coefficient (Wildman–Crippen LogP) is 3.45. The van der Waals surface area contributed by atoms with Crippen molar-refractivity contribution in [3.63, 3.8) is 0 Å². The molecule has 0 bridgehead atoms. The lowest BCUT2D eigenvalue weighted by molar-refractivity contribution is 0.452. The van der Waals surface area contributed by atoms with Crippen LogP contribution in [-0.2, 0) is 0 Å². The quantitative estimate of drug-likeness (QED) is 0.639. The molecule has 1 aromatic rings. The summed E-state index contributed by atoms with van der Waals surface area (Å²) in [6.07, 6.45) is 2.28. The van der Waals surface area contributed by atoms with E-state index in [1.54, 1.807) is 11.3 Å². The van der Waals surface area contributed by atoms with Crippen LogP contribution in [0.3, 0.4) is 0 Å². The van der Waals surface area contributed by atoms with Gasteiger partial charge in [0.15, 0.2) is 0 Å². The molecule has 0 spiro atoms. The van der Waals surface area contributed by atoms with Crippen molar-refractivity contribution in [3.8, 4) is 0 Å². The van der Waals surface area contributed by atoms with Crippen LogP contribution in [0.2, 0.25) is 0 Å². The van der Waals surface area contributed by atoms with Gasteiger partial charge in [-0.2, -0.15) is 0 Å². The molecule has 4 heteroatoms. The molecule has 0 saturated heterocycles. The molecular weight excluding hydrogens is 260 g/mol. The molecule has 0 amide bonds. The summed E-state index contributed by atoms with van der Waals surface area (Å²) in [6.45, 7) is 4.47. The zero-order valence-corrected chi connectivity index (χ0v) is 11.0. The zero-order chi connectivity index (χ0) is 10.6. The fourth-order valence-electron chi connectivity index (χ4n) is 1.34. The molecule has 0 aliphatic heterocycles. The average molecular weight is 277 g/mol. The molecule has 1 aromatic heterocycles. The molecule has 14 heavy (non-hydrogen) atoms. The van der Waals surface area contributed by atoms with E-state index < -0.39 is 0 Å². The van der Waals surface area contributed by atoms with Gasteiger partial charge in [0.25, 0.3) is 0 Å². The van der Waals surface area contributed by atoms with Crippen LogP contribution in [0.5, 0.6) is 0 Å². The lowest BCUT2D eigenvalue weighted by atomic mass is 10.0. The van der Waals surface area contributed by atoms with Crippen LogP contribution in [0.1, 0.15) is 37.6 Å². The molecule has 0 aliphatic carbocycles. The summed E-state index contributed by atoms with van der Waals surface area (Å²) in [4.78, 5) is 1.30. The maximum atomic E-state index is 5.55. The number of hydrogen-bond acceptors (Lipinski definition) is 3. The zero-order valence-electron chi connectivity index (χ0n) is 8.59. The Kier molecular flexibility index (Phi) is 5.09. The molecule has 3 N–H and O–H groups in total. The Hall–Kier alpha value is 0.100. The Morgan fingerprint density at radius 1 is 1.50 bits per heavy atom. The van der Waals surface area contributed by atoms with E-state index in [0.29, 0.717) is 0 Å². The van der Waals surface area contributed by atoms with E-state index >= 15 is 0 Å². The summed E-state index contributed by atoms with van der Waals surface area (Å²) >= 11 is 5.27. The number of rotatable bonds is 5. The lowest BCUT2D eigenvalue weighted by Crippen LogP contribution is -2.27. The molecule has 80 valence electrons. The third-order valence-electron chi connectivity index (χ3n) is 2.20. The Balaban J connectivity index is 2.58. The third kappa shape index (κ3) is 3.35. The first-order valence-electron chi connectivity index (χ1n) is 4.84. The molecule has 0 aromatic carbocycles. The molecule has 0 saturated carbocycles. The molecular formula is C10H17BrN2S. The van der Waals surface area contributed by atoms with Gasteiger partial charge in [0.05, 0.1) is 6.04 Å². The molecule has 0 aliphatic rings. The minimum atomic E-state index is 0.284. The van der Waals surface area contributed by atoms with Crippen molar-refractivity contribution < 1.29 is 0 Å². The number of nitrogens with two attached hydrogens (primary N) is 1. The number of hydrogen-bond donors (Lipinski definition) is 2. The second-order valence-corrected chi connectivity index (χ2v) is 5.63. The van der Waals surface area contributed by atoms with Crippen LogP contribution in [-0.4, -0.2) is 0 Å². The van der Waals surface area contributed by atoms with E-state index in [0.717, 1.165) is 16.8 Å². The molecule has 1 unspecified atom stereocenters. The molecule has 1 heterocycles. The highest BCUT2D eigenvalue weighted by molar-refractivity contribution is 9.10. The van der Waals surface area contributed by atoms with Gasteiger partial charge in [0.1, 0.15) is 0 Å². The van der Waals surface area contributed by atoms with E-state index in [2.05, 4.69) is 46.6 Å². The highest BCUT2D eigenvalue weighted by atomic mass is 79.9.